The van der Waals surface area contributed by atoms with Gasteiger partial charge in [0.05, 0.1) is 36.8 Å². The first kappa shape index (κ1) is 10.7. The average Bonchev–Trinajstić information content (AvgIpc) is 2.28. The summed E-state index contributed by atoms with van der Waals surface area (Å²) in [5, 5.41) is 17.4. The molecular formula is C11H8N2O2. The number of nitriles is 2. The quantitative estimate of drug-likeness (QED) is 0.692. The van der Waals surface area contributed by atoms with Crippen LogP contribution in [-0.2, 0) is 6.42 Å². The highest BCUT2D eigenvalue weighted by Crippen LogP contribution is 2.22. The highest BCUT2D eigenvalue weighted by atomic mass is 16.5. The van der Waals surface area contributed by atoms with Gasteiger partial charge in [0.25, 0.3) is 0 Å². The molecule has 0 N–H and O–H groups in total. The van der Waals surface area contributed by atoms with Gasteiger partial charge < -0.3 is 4.74 Å². The molecular weight excluding hydrogens is 192 g/mol. The summed E-state index contributed by atoms with van der Waals surface area (Å²) in [6.45, 7) is 0. The van der Waals surface area contributed by atoms with Crippen LogP contribution in [0.4, 0.5) is 0 Å². The minimum absolute atomic E-state index is 0.105. The number of carbonyl (C=O) groups excluding carboxylic acids is 1. The van der Waals surface area contributed by atoms with Gasteiger partial charge in [0.15, 0.2) is 6.29 Å². The number of hydrogen-bond donors (Lipinski definition) is 0. The Morgan fingerprint density at radius 1 is 1.47 bits per heavy atom. The molecule has 74 valence electrons. The molecule has 4 heteroatoms. The second kappa shape index (κ2) is 4.78. The normalized spacial score (nSPS) is 8.73. The van der Waals surface area contributed by atoms with E-state index in [-0.39, 0.29) is 6.42 Å². The summed E-state index contributed by atoms with van der Waals surface area (Å²) in [5.74, 6) is 0.350. The van der Waals surface area contributed by atoms with Crippen molar-refractivity contribution >= 4 is 6.29 Å². The van der Waals surface area contributed by atoms with Crippen molar-refractivity contribution in [2.75, 3.05) is 7.11 Å². The van der Waals surface area contributed by atoms with Gasteiger partial charge in [0, 0.05) is 0 Å². The molecule has 0 saturated heterocycles. The number of ether oxygens (including phenoxy) is 1. The lowest BCUT2D eigenvalue weighted by atomic mass is 10.0. The van der Waals surface area contributed by atoms with Crippen molar-refractivity contribution in [2.24, 2.45) is 0 Å². The first-order valence-electron chi connectivity index (χ1n) is 4.20. The standard InChI is InChI=1S/C11H8N2O2/c1-15-11-5-9(6-13)8(2-3-12)4-10(11)7-14/h4-5,7H,2H2,1H3. The van der Waals surface area contributed by atoms with Gasteiger partial charge in [-0.05, 0) is 17.7 Å². The van der Waals surface area contributed by atoms with Crippen LogP contribution in [0, 0.1) is 22.7 Å². The zero-order valence-corrected chi connectivity index (χ0v) is 8.15. The van der Waals surface area contributed by atoms with E-state index >= 15 is 0 Å². The van der Waals surface area contributed by atoms with Crippen molar-refractivity contribution in [1.29, 1.82) is 10.5 Å². The maximum Gasteiger partial charge on any atom is 0.153 e. The fourth-order valence-electron chi connectivity index (χ4n) is 1.25. The Bertz CT molecular complexity index is 467. The Balaban J connectivity index is 3.36. The molecule has 0 fully saturated rings. The van der Waals surface area contributed by atoms with E-state index in [1.54, 1.807) is 0 Å². The maximum absolute atomic E-state index is 10.7. The highest BCUT2D eigenvalue weighted by molar-refractivity contribution is 5.80. The van der Waals surface area contributed by atoms with Crippen LogP contribution < -0.4 is 4.74 Å². The van der Waals surface area contributed by atoms with Gasteiger partial charge >= 0.3 is 0 Å². The van der Waals surface area contributed by atoms with Crippen LogP contribution in [0.2, 0.25) is 0 Å². The van der Waals surface area contributed by atoms with Crippen LogP contribution in [0.25, 0.3) is 0 Å². The Labute approximate surface area is 87.3 Å². The summed E-state index contributed by atoms with van der Waals surface area (Å²) < 4.78 is 4.95. The summed E-state index contributed by atoms with van der Waals surface area (Å²) >= 11 is 0. The molecule has 0 bridgehead atoms. The molecule has 4 nitrogen and oxygen atoms in total. The number of rotatable bonds is 3. The van der Waals surface area contributed by atoms with Crippen LogP contribution in [0.15, 0.2) is 12.1 Å². The topological polar surface area (TPSA) is 73.9 Å². The largest absolute Gasteiger partial charge is 0.496 e. The van der Waals surface area contributed by atoms with E-state index in [4.69, 9.17) is 15.3 Å². The molecule has 0 unspecified atom stereocenters. The molecule has 0 saturated carbocycles. The van der Waals surface area contributed by atoms with E-state index in [0.29, 0.717) is 28.7 Å². The summed E-state index contributed by atoms with van der Waals surface area (Å²) in [4.78, 5) is 10.7. The zero-order chi connectivity index (χ0) is 11.3. The van der Waals surface area contributed by atoms with Gasteiger partial charge in [-0.1, -0.05) is 0 Å². The predicted molar refractivity (Wildman–Crippen MR) is 52.4 cm³/mol. The molecule has 0 aliphatic heterocycles. The molecule has 0 spiro atoms. The number of benzene rings is 1. The van der Waals surface area contributed by atoms with E-state index in [1.807, 2.05) is 12.1 Å². The Morgan fingerprint density at radius 3 is 2.67 bits per heavy atom. The number of aldehydes is 1. The van der Waals surface area contributed by atoms with Gasteiger partial charge in [-0.2, -0.15) is 10.5 Å². The average molecular weight is 200 g/mol. The first-order chi connectivity index (χ1) is 7.26. The second-order valence-corrected chi connectivity index (χ2v) is 2.82. The van der Waals surface area contributed by atoms with Crippen molar-refractivity contribution in [3.8, 4) is 17.9 Å². The minimum Gasteiger partial charge on any atom is -0.496 e. The lowest BCUT2D eigenvalue weighted by Crippen LogP contribution is -1.96. The third-order valence-corrected chi connectivity index (χ3v) is 1.97. The third kappa shape index (κ3) is 2.12. The van der Waals surface area contributed by atoms with Crippen LogP contribution in [-0.4, -0.2) is 13.4 Å². The summed E-state index contributed by atoms with van der Waals surface area (Å²) in [6, 6.07) is 6.88. The summed E-state index contributed by atoms with van der Waals surface area (Å²) in [5.41, 5.74) is 1.25. The van der Waals surface area contributed by atoms with Crippen molar-refractivity contribution in [3.63, 3.8) is 0 Å². The molecule has 0 atom stereocenters. The number of nitrogens with zero attached hydrogens (tertiary/aromatic N) is 2. The lowest BCUT2D eigenvalue weighted by Gasteiger charge is -2.06. The molecule has 1 rings (SSSR count). The molecule has 0 amide bonds. The van der Waals surface area contributed by atoms with Crippen molar-refractivity contribution < 1.29 is 9.53 Å². The van der Waals surface area contributed by atoms with Gasteiger partial charge in [0.1, 0.15) is 5.75 Å². The molecule has 1 aromatic rings. The number of hydrogen-bond acceptors (Lipinski definition) is 4. The highest BCUT2D eigenvalue weighted by Gasteiger charge is 2.09. The molecule has 0 heterocycles. The van der Waals surface area contributed by atoms with Crippen LogP contribution in [0.3, 0.4) is 0 Å². The zero-order valence-electron chi connectivity index (χ0n) is 8.15. The molecule has 1 aromatic carbocycles. The third-order valence-electron chi connectivity index (χ3n) is 1.97. The van der Waals surface area contributed by atoms with Crippen LogP contribution >= 0.6 is 0 Å². The lowest BCUT2D eigenvalue weighted by molar-refractivity contribution is 0.112. The van der Waals surface area contributed by atoms with Gasteiger partial charge in [-0.3, -0.25) is 4.79 Å². The van der Waals surface area contributed by atoms with Gasteiger partial charge in [-0.25, -0.2) is 0 Å². The monoisotopic (exact) mass is 200 g/mol. The first-order valence-corrected chi connectivity index (χ1v) is 4.20. The maximum atomic E-state index is 10.7. The second-order valence-electron chi connectivity index (χ2n) is 2.82. The van der Waals surface area contributed by atoms with E-state index in [1.165, 1.54) is 19.2 Å². The fourth-order valence-corrected chi connectivity index (χ4v) is 1.25. The van der Waals surface area contributed by atoms with Crippen molar-refractivity contribution in [1.82, 2.24) is 0 Å². The summed E-state index contributed by atoms with van der Waals surface area (Å²) in [6.07, 6.45) is 0.745. The van der Waals surface area contributed by atoms with Crippen LogP contribution in [0.1, 0.15) is 21.5 Å². The molecule has 0 aromatic heterocycles. The fraction of sp³-hybridized carbons (Fsp3) is 0.182. The molecule has 0 aliphatic rings. The van der Waals surface area contributed by atoms with E-state index < -0.39 is 0 Å². The number of methoxy groups -OCH3 is 1. The predicted octanol–water partition coefficient (Wildman–Crippen LogP) is 1.45. The summed E-state index contributed by atoms with van der Waals surface area (Å²) in [7, 11) is 1.42. The number of carbonyl (C=O) groups is 1. The smallest absolute Gasteiger partial charge is 0.153 e. The Kier molecular flexibility index (Phi) is 3.43. The van der Waals surface area contributed by atoms with E-state index in [2.05, 4.69) is 0 Å². The van der Waals surface area contributed by atoms with Gasteiger partial charge in [-0.15, -0.1) is 0 Å². The van der Waals surface area contributed by atoms with E-state index in [0.717, 1.165) is 0 Å². The Morgan fingerprint density at radius 2 is 2.20 bits per heavy atom. The molecule has 15 heavy (non-hydrogen) atoms. The van der Waals surface area contributed by atoms with E-state index in [9.17, 15) is 4.79 Å². The Hall–Kier alpha value is -2.33. The van der Waals surface area contributed by atoms with Crippen LogP contribution in [0.5, 0.6) is 5.75 Å². The SMILES string of the molecule is COc1cc(C#N)c(CC#N)cc1C=O. The molecule has 0 aliphatic carbocycles. The van der Waals surface area contributed by atoms with Gasteiger partial charge in [0.2, 0.25) is 0 Å². The van der Waals surface area contributed by atoms with Crippen molar-refractivity contribution in [2.45, 2.75) is 6.42 Å². The minimum atomic E-state index is 0.105. The molecule has 0 radical (unpaired) electrons. The van der Waals surface area contributed by atoms with Crippen molar-refractivity contribution in [3.05, 3.63) is 28.8 Å².